The van der Waals surface area contributed by atoms with E-state index in [2.05, 4.69) is 15.3 Å². The van der Waals surface area contributed by atoms with Gasteiger partial charge in [-0.15, -0.1) is 5.10 Å². The lowest BCUT2D eigenvalue weighted by molar-refractivity contribution is -0.385. The molecule has 4 aromatic rings. The molecule has 30 heavy (non-hydrogen) atoms. The third-order valence-electron chi connectivity index (χ3n) is 4.18. The summed E-state index contributed by atoms with van der Waals surface area (Å²) < 4.78 is 20.0. The smallest absolute Gasteiger partial charge is 0.311 e. The number of hydrogen-bond donors (Lipinski definition) is 0. The van der Waals surface area contributed by atoms with Crippen molar-refractivity contribution in [1.82, 2.24) is 20.0 Å². The largest absolute Gasteiger partial charge is 0.480 e. The summed E-state index contributed by atoms with van der Waals surface area (Å²) in [4.78, 5) is 25.4. The van der Waals surface area contributed by atoms with Gasteiger partial charge in [-0.25, -0.2) is 9.07 Å². The number of ether oxygens (including phenoxy) is 1. The van der Waals surface area contributed by atoms with Crippen molar-refractivity contribution in [3.05, 3.63) is 86.6 Å². The molecule has 150 valence electrons. The van der Waals surface area contributed by atoms with Crippen molar-refractivity contribution in [2.75, 3.05) is 0 Å². The second-order valence-electron chi connectivity index (χ2n) is 6.11. The molecule has 0 aliphatic heterocycles. The summed E-state index contributed by atoms with van der Waals surface area (Å²) >= 11 is 0. The number of benzene rings is 2. The first-order valence-electron chi connectivity index (χ1n) is 8.44. The fourth-order valence-electron chi connectivity index (χ4n) is 2.82. The van der Waals surface area contributed by atoms with E-state index in [0.717, 1.165) is 16.8 Å². The van der Waals surface area contributed by atoms with Gasteiger partial charge in [0, 0.05) is 23.7 Å². The van der Waals surface area contributed by atoms with Crippen molar-refractivity contribution in [3.63, 3.8) is 0 Å². The number of halogens is 1. The van der Waals surface area contributed by atoms with Crippen LogP contribution < -0.4 is 4.74 Å². The van der Waals surface area contributed by atoms with Crippen LogP contribution in [0.5, 0.6) is 5.75 Å². The molecular weight excluding hydrogens is 399 g/mol. The van der Waals surface area contributed by atoms with Crippen molar-refractivity contribution in [2.24, 2.45) is 0 Å². The van der Waals surface area contributed by atoms with Gasteiger partial charge in [-0.3, -0.25) is 25.2 Å². The van der Waals surface area contributed by atoms with E-state index in [4.69, 9.17) is 4.74 Å². The molecule has 0 unspecified atom stereocenters. The standard InChI is InChI=1S/C18H11FN6O5/c19-12-3-4-15(16(7-12)24(26)27)23-9-13(21-22-23)10-30-18-8-14-11(2-1-5-20-14)6-17(18)25(28)29/h1-9H,10H2. The Morgan fingerprint density at radius 3 is 2.63 bits per heavy atom. The molecule has 0 amide bonds. The predicted octanol–water partition coefficient (Wildman–Crippen LogP) is 3.35. The highest BCUT2D eigenvalue weighted by molar-refractivity contribution is 5.83. The van der Waals surface area contributed by atoms with Gasteiger partial charge >= 0.3 is 5.69 Å². The van der Waals surface area contributed by atoms with Crippen molar-refractivity contribution < 1.29 is 19.0 Å². The average molecular weight is 410 g/mol. The first-order chi connectivity index (χ1) is 14.4. The highest BCUT2D eigenvalue weighted by Gasteiger charge is 2.20. The summed E-state index contributed by atoms with van der Waals surface area (Å²) in [6.45, 7) is -0.186. The molecule has 12 heteroatoms. The molecule has 0 fully saturated rings. The van der Waals surface area contributed by atoms with Crippen LogP contribution in [0.15, 0.2) is 54.9 Å². The molecule has 0 bridgehead atoms. The summed E-state index contributed by atoms with van der Waals surface area (Å²) in [5.41, 5.74) is 0.0643. The minimum Gasteiger partial charge on any atom is -0.480 e. The molecule has 0 saturated heterocycles. The third-order valence-corrected chi connectivity index (χ3v) is 4.18. The summed E-state index contributed by atoms with van der Waals surface area (Å²) in [5.74, 6) is -0.764. The van der Waals surface area contributed by atoms with Crippen LogP contribution in [0.25, 0.3) is 16.6 Å². The number of fused-ring (bicyclic) bond motifs is 1. The summed E-state index contributed by atoms with van der Waals surface area (Å²) in [7, 11) is 0. The number of nitrogens with zero attached hydrogens (tertiary/aromatic N) is 6. The number of hydrogen-bond acceptors (Lipinski definition) is 8. The van der Waals surface area contributed by atoms with Gasteiger partial charge in [0.25, 0.3) is 5.69 Å². The Morgan fingerprint density at radius 2 is 1.87 bits per heavy atom. The van der Waals surface area contributed by atoms with E-state index in [1.165, 1.54) is 24.4 Å². The average Bonchev–Trinajstić information content (AvgIpc) is 3.20. The first kappa shape index (κ1) is 18.9. The number of aromatic nitrogens is 4. The number of nitro groups is 2. The van der Waals surface area contributed by atoms with Crippen molar-refractivity contribution >= 4 is 22.3 Å². The normalized spacial score (nSPS) is 10.8. The molecular formula is C18H11FN6O5. The summed E-state index contributed by atoms with van der Waals surface area (Å²) in [6, 6.07) is 9.20. The molecule has 2 aromatic carbocycles. The monoisotopic (exact) mass is 410 g/mol. The third kappa shape index (κ3) is 3.61. The molecule has 0 radical (unpaired) electrons. The van der Waals surface area contributed by atoms with Crippen LogP contribution in [0.2, 0.25) is 0 Å². The van der Waals surface area contributed by atoms with E-state index in [9.17, 15) is 24.6 Å². The zero-order valence-electron chi connectivity index (χ0n) is 15.0. The van der Waals surface area contributed by atoms with Crippen LogP contribution in [-0.2, 0) is 6.61 Å². The second kappa shape index (κ2) is 7.50. The van der Waals surface area contributed by atoms with E-state index in [-0.39, 0.29) is 29.4 Å². The van der Waals surface area contributed by atoms with E-state index in [1.807, 2.05) is 0 Å². The van der Waals surface area contributed by atoms with Gasteiger partial charge < -0.3 is 4.74 Å². The van der Waals surface area contributed by atoms with Crippen LogP contribution in [-0.4, -0.2) is 29.8 Å². The zero-order chi connectivity index (χ0) is 21.3. The highest BCUT2D eigenvalue weighted by atomic mass is 19.1. The SMILES string of the molecule is O=[N+]([O-])c1cc2cccnc2cc1OCc1cn(-c2ccc(F)cc2[N+](=O)[O-])nn1. The van der Waals surface area contributed by atoms with Gasteiger partial charge in [-0.1, -0.05) is 11.3 Å². The number of nitro benzene ring substituents is 2. The van der Waals surface area contributed by atoms with Gasteiger partial charge in [0.15, 0.2) is 5.75 Å². The minimum absolute atomic E-state index is 0.00601. The van der Waals surface area contributed by atoms with Gasteiger partial charge in [-0.05, 0) is 18.2 Å². The van der Waals surface area contributed by atoms with Crippen LogP contribution in [0.1, 0.15) is 5.69 Å². The van der Waals surface area contributed by atoms with Crippen molar-refractivity contribution in [1.29, 1.82) is 0 Å². The Labute approximate surface area is 166 Å². The topological polar surface area (TPSA) is 139 Å². The Kier molecular flexibility index (Phi) is 4.72. The molecule has 4 rings (SSSR count). The molecule has 0 spiro atoms. The van der Waals surface area contributed by atoms with Crippen molar-refractivity contribution in [3.8, 4) is 11.4 Å². The lowest BCUT2D eigenvalue weighted by Crippen LogP contribution is -2.01. The summed E-state index contributed by atoms with van der Waals surface area (Å²) in [5, 5.41) is 30.8. The Balaban J connectivity index is 1.61. The maximum atomic E-state index is 13.3. The fraction of sp³-hybridized carbons (Fsp3) is 0.0556. The van der Waals surface area contributed by atoms with Crippen LogP contribution >= 0.6 is 0 Å². The number of rotatable bonds is 6. The molecule has 0 aliphatic carbocycles. The van der Waals surface area contributed by atoms with Crippen molar-refractivity contribution in [2.45, 2.75) is 6.61 Å². The van der Waals surface area contributed by atoms with Crippen LogP contribution in [0.3, 0.4) is 0 Å². The van der Waals surface area contributed by atoms with Crippen LogP contribution in [0, 0.1) is 26.0 Å². The van der Waals surface area contributed by atoms with Gasteiger partial charge in [0.2, 0.25) is 0 Å². The molecule has 0 saturated carbocycles. The van der Waals surface area contributed by atoms with Gasteiger partial charge in [0.1, 0.15) is 23.8 Å². The van der Waals surface area contributed by atoms with E-state index < -0.39 is 21.4 Å². The van der Waals surface area contributed by atoms with Crippen LogP contribution in [0.4, 0.5) is 15.8 Å². The highest BCUT2D eigenvalue weighted by Crippen LogP contribution is 2.32. The molecule has 2 heterocycles. The molecule has 2 aromatic heterocycles. The zero-order valence-corrected chi connectivity index (χ0v) is 15.0. The molecule has 0 atom stereocenters. The van der Waals surface area contributed by atoms with E-state index >= 15 is 0 Å². The second-order valence-corrected chi connectivity index (χ2v) is 6.11. The minimum atomic E-state index is -0.758. The van der Waals surface area contributed by atoms with E-state index in [0.29, 0.717) is 10.9 Å². The first-order valence-corrected chi connectivity index (χ1v) is 8.44. The summed E-state index contributed by atoms with van der Waals surface area (Å²) in [6.07, 6.45) is 2.91. The fourth-order valence-corrected chi connectivity index (χ4v) is 2.82. The maximum absolute atomic E-state index is 13.3. The quantitative estimate of drug-likeness (QED) is 0.348. The maximum Gasteiger partial charge on any atom is 0.311 e. The number of pyridine rings is 1. The Bertz CT molecular complexity index is 1290. The Hall–Kier alpha value is -4.48. The molecule has 0 N–H and O–H groups in total. The van der Waals surface area contributed by atoms with Gasteiger partial charge in [0.05, 0.1) is 27.6 Å². The van der Waals surface area contributed by atoms with Gasteiger partial charge in [-0.2, -0.15) is 0 Å². The predicted molar refractivity (Wildman–Crippen MR) is 101 cm³/mol. The molecule has 0 aliphatic rings. The van der Waals surface area contributed by atoms with E-state index in [1.54, 1.807) is 18.3 Å². The lowest BCUT2D eigenvalue weighted by atomic mass is 10.2. The lowest BCUT2D eigenvalue weighted by Gasteiger charge is -2.06. The molecule has 11 nitrogen and oxygen atoms in total. The Morgan fingerprint density at radius 1 is 1.07 bits per heavy atom.